The van der Waals surface area contributed by atoms with Gasteiger partial charge in [-0.25, -0.2) is 18.8 Å². The van der Waals surface area contributed by atoms with Crippen molar-refractivity contribution in [3.63, 3.8) is 0 Å². The lowest BCUT2D eigenvalue weighted by atomic mass is 9.98. The van der Waals surface area contributed by atoms with E-state index in [9.17, 15) is 24.1 Å². The number of carbonyl (C=O) groups excluding carboxylic acids is 1. The molecule has 5 atom stereocenters. The summed E-state index contributed by atoms with van der Waals surface area (Å²) in [6.07, 6.45) is -4.17. The van der Waals surface area contributed by atoms with Gasteiger partial charge in [0.2, 0.25) is 0 Å². The summed E-state index contributed by atoms with van der Waals surface area (Å²) in [6.45, 7) is 3.15. The first-order chi connectivity index (χ1) is 16.4. The molecular formula is C21H27FN3O9P. The van der Waals surface area contributed by atoms with Crippen LogP contribution in [0, 0.1) is 0 Å². The average Bonchev–Trinajstić information content (AvgIpc) is 3.00. The quantitative estimate of drug-likeness (QED) is 0.311. The van der Waals surface area contributed by atoms with Gasteiger partial charge in [-0.2, -0.15) is 0 Å². The van der Waals surface area contributed by atoms with Crippen molar-refractivity contribution in [2.24, 2.45) is 0 Å². The maximum Gasteiger partial charge on any atom is 0.459 e. The number of esters is 1. The summed E-state index contributed by atoms with van der Waals surface area (Å²) in [6, 6.07) is 8.95. The molecule has 0 amide bonds. The molecule has 1 aromatic carbocycles. The van der Waals surface area contributed by atoms with Gasteiger partial charge in [0.15, 0.2) is 11.9 Å². The van der Waals surface area contributed by atoms with E-state index in [0.29, 0.717) is 0 Å². The van der Waals surface area contributed by atoms with Crippen molar-refractivity contribution in [3.05, 3.63) is 63.4 Å². The number of halogens is 1. The number of nitrogens with one attached hydrogen (secondary N) is 2. The zero-order chi connectivity index (χ0) is 25.8. The van der Waals surface area contributed by atoms with Crippen LogP contribution in [0.3, 0.4) is 0 Å². The first-order valence-corrected chi connectivity index (χ1v) is 12.2. The van der Waals surface area contributed by atoms with Crippen LogP contribution < -0.4 is 20.9 Å². The smallest absolute Gasteiger partial charge is 0.459 e. The third-order valence-corrected chi connectivity index (χ3v) is 6.47. The van der Waals surface area contributed by atoms with E-state index >= 15 is 4.39 Å². The van der Waals surface area contributed by atoms with Crippen molar-refractivity contribution in [1.29, 1.82) is 0 Å². The van der Waals surface area contributed by atoms with Crippen LogP contribution in [-0.2, 0) is 23.4 Å². The van der Waals surface area contributed by atoms with Gasteiger partial charge in [-0.3, -0.25) is 23.7 Å². The average molecular weight is 515 g/mol. The lowest BCUT2D eigenvalue weighted by Gasteiger charge is -2.24. The van der Waals surface area contributed by atoms with Gasteiger partial charge < -0.3 is 19.1 Å². The first-order valence-electron chi connectivity index (χ1n) is 10.7. The monoisotopic (exact) mass is 515 g/mol. The topological polar surface area (TPSA) is 158 Å². The van der Waals surface area contributed by atoms with Crippen LogP contribution in [0.5, 0.6) is 5.75 Å². The van der Waals surface area contributed by atoms with Gasteiger partial charge >= 0.3 is 19.4 Å². The van der Waals surface area contributed by atoms with E-state index in [-0.39, 0.29) is 5.75 Å². The molecule has 12 nitrogen and oxygen atoms in total. The third-order valence-electron chi connectivity index (χ3n) is 4.98. The van der Waals surface area contributed by atoms with Crippen molar-refractivity contribution < 1.29 is 37.4 Å². The second-order valence-corrected chi connectivity index (χ2v) is 9.96. The van der Waals surface area contributed by atoms with Crippen LogP contribution in [-0.4, -0.2) is 57.8 Å². The van der Waals surface area contributed by atoms with Gasteiger partial charge in [0, 0.05) is 12.3 Å². The highest BCUT2D eigenvalue weighted by atomic mass is 31.2. The molecule has 0 radical (unpaired) electrons. The van der Waals surface area contributed by atoms with Crippen molar-refractivity contribution >= 4 is 13.7 Å². The molecule has 3 rings (SSSR count). The summed E-state index contributed by atoms with van der Waals surface area (Å²) in [5, 5.41) is 12.9. The molecule has 35 heavy (non-hydrogen) atoms. The maximum absolute atomic E-state index is 15.4. The number of alkyl halides is 1. The van der Waals surface area contributed by atoms with E-state index in [1.165, 1.54) is 12.1 Å². The number of aromatic nitrogens is 2. The summed E-state index contributed by atoms with van der Waals surface area (Å²) in [7, 11) is -4.25. The second-order valence-electron chi connectivity index (χ2n) is 8.21. The predicted molar refractivity (Wildman–Crippen MR) is 121 cm³/mol. The number of rotatable bonds is 10. The molecule has 14 heteroatoms. The molecule has 3 N–H and O–H groups in total. The Labute approximate surface area is 199 Å². The highest BCUT2D eigenvalue weighted by Gasteiger charge is 2.55. The lowest BCUT2D eigenvalue weighted by Crippen LogP contribution is -2.43. The first kappa shape index (κ1) is 26.8. The molecular weight excluding hydrogens is 488 g/mol. The Morgan fingerprint density at radius 2 is 2.00 bits per heavy atom. The second kappa shape index (κ2) is 10.8. The van der Waals surface area contributed by atoms with Crippen LogP contribution in [0.15, 0.2) is 52.2 Å². The Kier molecular flexibility index (Phi) is 8.29. The van der Waals surface area contributed by atoms with E-state index < -0.39 is 68.3 Å². The Hall–Kier alpha value is -2.83. The maximum atomic E-state index is 15.4. The molecule has 0 aliphatic carbocycles. The SMILES string of the molecule is CC(C)OC(=O)CNP(=O)(OC[C@H]1O[C@@H](n2ccc(=O)[nH]c2=O)[C@](C)(F)[C@@H]1O)Oc1ccccc1. The normalized spacial score (nSPS) is 25.8. The molecule has 2 heterocycles. The summed E-state index contributed by atoms with van der Waals surface area (Å²) in [4.78, 5) is 37.3. The van der Waals surface area contributed by atoms with E-state index in [2.05, 4.69) is 5.09 Å². The largest absolute Gasteiger partial charge is 0.462 e. The van der Waals surface area contributed by atoms with E-state index in [0.717, 1.165) is 23.8 Å². The summed E-state index contributed by atoms with van der Waals surface area (Å²) >= 11 is 0. The Morgan fingerprint density at radius 3 is 2.63 bits per heavy atom. The zero-order valence-corrected chi connectivity index (χ0v) is 20.1. The highest BCUT2D eigenvalue weighted by Crippen LogP contribution is 2.46. The minimum atomic E-state index is -4.25. The molecule has 192 valence electrons. The number of aromatic amines is 1. The van der Waals surface area contributed by atoms with Gasteiger partial charge in [-0.1, -0.05) is 18.2 Å². The standard InChI is InChI=1S/C21H27FN3O9P/c1-13(2)32-17(27)11-23-35(30,34-14-7-5-4-6-8-14)31-12-15-18(28)21(3,22)19(33-15)25-10-9-16(26)24-20(25)29/h4-10,13,15,18-19,28H,11-12H2,1-3H3,(H,23,30)(H,24,26,29)/t15-,18-,19-,21-,35?/m1/s1. The van der Waals surface area contributed by atoms with Crippen molar-refractivity contribution in [3.8, 4) is 5.75 Å². The van der Waals surface area contributed by atoms with Crippen molar-refractivity contribution in [2.75, 3.05) is 13.2 Å². The Morgan fingerprint density at radius 1 is 1.31 bits per heavy atom. The molecule has 0 bridgehead atoms. The van der Waals surface area contributed by atoms with E-state index in [1.54, 1.807) is 32.0 Å². The molecule has 1 aliphatic heterocycles. The van der Waals surface area contributed by atoms with E-state index in [4.69, 9.17) is 18.5 Å². The van der Waals surface area contributed by atoms with Crippen LogP contribution in [0.1, 0.15) is 27.0 Å². The van der Waals surface area contributed by atoms with Crippen molar-refractivity contribution in [1.82, 2.24) is 14.6 Å². The number of hydrogen-bond acceptors (Lipinski definition) is 9. The number of aliphatic hydroxyl groups is 1. The molecule has 1 fully saturated rings. The number of benzene rings is 1. The molecule has 1 unspecified atom stereocenters. The van der Waals surface area contributed by atoms with E-state index in [1.807, 2.05) is 4.98 Å². The van der Waals surface area contributed by atoms with Crippen molar-refractivity contribution in [2.45, 2.75) is 51.0 Å². The van der Waals surface area contributed by atoms with Crippen LogP contribution in [0.2, 0.25) is 0 Å². The zero-order valence-electron chi connectivity index (χ0n) is 19.3. The fraction of sp³-hybridized carbons (Fsp3) is 0.476. The van der Waals surface area contributed by atoms with Gasteiger partial charge in [-0.05, 0) is 32.9 Å². The molecule has 1 aromatic heterocycles. The number of aliphatic hydroxyl groups excluding tert-OH is 1. The fourth-order valence-electron chi connectivity index (χ4n) is 3.32. The molecule has 2 aromatic rings. The Bertz CT molecular complexity index is 1180. The van der Waals surface area contributed by atoms with Crippen LogP contribution >= 0.6 is 7.75 Å². The predicted octanol–water partition coefficient (Wildman–Crippen LogP) is 1.27. The summed E-state index contributed by atoms with van der Waals surface area (Å²) in [5.41, 5.74) is -4.11. The molecule has 1 aliphatic rings. The van der Waals surface area contributed by atoms with Crippen LogP contribution in [0.4, 0.5) is 4.39 Å². The minimum Gasteiger partial charge on any atom is -0.462 e. The van der Waals surface area contributed by atoms with Gasteiger partial charge in [0.25, 0.3) is 5.56 Å². The number of carbonyl (C=O) groups is 1. The number of ether oxygens (including phenoxy) is 2. The molecule has 1 saturated heterocycles. The molecule has 0 spiro atoms. The lowest BCUT2D eigenvalue weighted by molar-refractivity contribution is -0.146. The summed E-state index contributed by atoms with van der Waals surface area (Å²) in [5.74, 6) is -0.562. The van der Waals surface area contributed by atoms with Crippen LogP contribution in [0.25, 0.3) is 0 Å². The van der Waals surface area contributed by atoms with Gasteiger partial charge in [0.05, 0.1) is 12.7 Å². The Balaban J connectivity index is 1.76. The number of H-pyrrole nitrogens is 1. The number of para-hydroxylation sites is 1. The third kappa shape index (κ3) is 6.65. The highest BCUT2D eigenvalue weighted by molar-refractivity contribution is 7.52. The van der Waals surface area contributed by atoms with Gasteiger partial charge in [0.1, 0.15) is 24.5 Å². The number of nitrogens with zero attached hydrogens (tertiary/aromatic N) is 1. The molecule has 0 saturated carbocycles. The summed E-state index contributed by atoms with van der Waals surface area (Å²) < 4.78 is 50.8. The van der Waals surface area contributed by atoms with Gasteiger partial charge in [-0.15, -0.1) is 0 Å². The number of hydrogen-bond donors (Lipinski definition) is 3. The fourth-order valence-corrected chi connectivity index (χ4v) is 4.60. The minimum absolute atomic E-state index is 0.154.